The maximum atomic E-state index is 12.5. The zero-order valence-corrected chi connectivity index (χ0v) is 15.5. The lowest BCUT2D eigenvalue weighted by Gasteiger charge is -2.36. The minimum Gasteiger partial charge on any atom is -0.497 e. The number of benzene rings is 1. The number of anilines is 1. The molecule has 1 aromatic rings. The van der Waals surface area contributed by atoms with Crippen LogP contribution in [0, 0.1) is 5.41 Å². The standard InChI is InChI=1S/C19H25N3O4/c1-19(2)12-16(23)22(18(19)25)13-17(24)21-10-8-20(9-11-21)14-4-6-15(26-3)7-5-14/h4-7H,8-13H2,1-3H3. The van der Waals surface area contributed by atoms with Crippen LogP contribution in [-0.4, -0.2) is 67.4 Å². The Labute approximate surface area is 153 Å². The Kier molecular flexibility index (Phi) is 4.89. The maximum Gasteiger partial charge on any atom is 0.242 e. The van der Waals surface area contributed by atoms with E-state index < -0.39 is 5.41 Å². The zero-order valence-electron chi connectivity index (χ0n) is 15.5. The molecule has 3 rings (SSSR count). The molecular formula is C19H25N3O4. The summed E-state index contributed by atoms with van der Waals surface area (Å²) in [7, 11) is 1.64. The topological polar surface area (TPSA) is 70.2 Å². The van der Waals surface area contributed by atoms with Crippen molar-refractivity contribution < 1.29 is 19.1 Å². The summed E-state index contributed by atoms with van der Waals surface area (Å²) in [5.74, 6) is 0.127. The molecule has 2 heterocycles. The van der Waals surface area contributed by atoms with E-state index in [-0.39, 0.29) is 30.7 Å². The molecule has 26 heavy (non-hydrogen) atoms. The Balaban J connectivity index is 1.55. The van der Waals surface area contributed by atoms with E-state index in [1.807, 2.05) is 24.3 Å². The lowest BCUT2D eigenvalue weighted by atomic mass is 9.92. The van der Waals surface area contributed by atoms with Crippen molar-refractivity contribution in [2.75, 3.05) is 44.7 Å². The molecule has 1 aromatic carbocycles. The van der Waals surface area contributed by atoms with E-state index in [2.05, 4.69) is 4.90 Å². The molecule has 0 saturated carbocycles. The highest BCUT2D eigenvalue weighted by atomic mass is 16.5. The number of hydrogen-bond donors (Lipinski definition) is 0. The van der Waals surface area contributed by atoms with Crippen LogP contribution in [0.2, 0.25) is 0 Å². The van der Waals surface area contributed by atoms with Crippen LogP contribution in [0.15, 0.2) is 24.3 Å². The van der Waals surface area contributed by atoms with Gasteiger partial charge in [-0.1, -0.05) is 13.8 Å². The summed E-state index contributed by atoms with van der Waals surface area (Å²) in [6.07, 6.45) is 0.171. The highest BCUT2D eigenvalue weighted by molar-refractivity contribution is 6.07. The number of nitrogens with zero attached hydrogens (tertiary/aromatic N) is 3. The Hall–Kier alpha value is -2.57. The summed E-state index contributed by atoms with van der Waals surface area (Å²) in [5, 5.41) is 0. The first kappa shape index (κ1) is 18.2. The molecule has 0 N–H and O–H groups in total. The second-order valence-corrected chi connectivity index (χ2v) is 7.41. The second-order valence-electron chi connectivity index (χ2n) is 7.41. The van der Waals surface area contributed by atoms with Crippen LogP contribution in [0.4, 0.5) is 5.69 Å². The van der Waals surface area contributed by atoms with E-state index in [1.165, 1.54) is 0 Å². The highest BCUT2D eigenvalue weighted by Gasteiger charge is 2.45. The predicted molar refractivity (Wildman–Crippen MR) is 96.9 cm³/mol. The van der Waals surface area contributed by atoms with Crippen LogP contribution in [-0.2, 0) is 14.4 Å². The predicted octanol–water partition coefficient (Wildman–Crippen LogP) is 1.13. The van der Waals surface area contributed by atoms with E-state index in [0.29, 0.717) is 26.2 Å². The van der Waals surface area contributed by atoms with Crippen molar-refractivity contribution >= 4 is 23.4 Å². The van der Waals surface area contributed by atoms with Crippen molar-refractivity contribution in [2.45, 2.75) is 20.3 Å². The van der Waals surface area contributed by atoms with Crippen LogP contribution in [0.1, 0.15) is 20.3 Å². The Bertz CT molecular complexity index is 706. The summed E-state index contributed by atoms with van der Waals surface area (Å²) in [6, 6.07) is 7.83. The van der Waals surface area contributed by atoms with Gasteiger partial charge in [0.2, 0.25) is 17.7 Å². The molecule has 0 spiro atoms. The Morgan fingerprint density at radius 1 is 1.08 bits per heavy atom. The van der Waals surface area contributed by atoms with Crippen molar-refractivity contribution in [2.24, 2.45) is 5.41 Å². The first-order chi connectivity index (χ1) is 12.3. The van der Waals surface area contributed by atoms with Gasteiger partial charge in [-0.05, 0) is 24.3 Å². The van der Waals surface area contributed by atoms with Crippen molar-refractivity contribution in [1.82, 2.24) is 9.80 Å². The van der Waals surface area contributed by atoms with Gasteiger partial charge in [-0.25, -0.2) is 0 Å². The molecule has 2 saturated heterocycles. The molecule has 7 nitrogen and oxygen atoms in total. The van der Waals surface area contributed by atoms with Gasteiger partial charge in [-0.3, -0.25) is 19.3 Å². The molecule has 2 aliphatic heterocycles. The number of amides is 3. The molecule has 0 aliphatic carbocycles. The second kappa shape index (κ2) is 6.97. The summed E-state index contributed by atoms with van der Waals surface area (Å²) in [4.78, 5) is 41.9. The van der Waals surface area contributed by atoms with E-state index in [0.717, 1.165) is 16.3 Å². The SMILES string of the molecule is COc1ccc(N2CCN(C(=O)CN3C(=O)CC(C)(C)C3=O)CC2)cc1. The summed E-state index contributed by atoms with van der Waals surface area (Å²) >= 11 is 0. The minimum atomic E-state index is -0.704. The fourth-order valence-electron chi connectivity index (χ4n) is 3.43. The van der Waals surface area contributed by atoms with Crippen LogP contribution in [0.3, 0.4) is 0 Å². The lowest BCUT2D eigenvalue weighted by molar-refractivity contribution is -0.147. The first-order valence-electron chi connectivity index (χ1n) is 8.83. The molecular weight excluding hydrogens is 334 g/mol. The monoisotopic (exact) mass is 359 g/mol. The third kappa shape index (κ3) is 3.52. The number of methoxy groups -OCH3 is 1. The molecule has 140 valence electrons. The highest BCUT2D eigenvalue weighted by Crippen LogP contribution is 2.31. The zero-order chi connectivity index (χ0) is 18.9. The average molecular weight is 359 g/mol. The van der Waals surface area contributed by atoms with Gasteiger partial charge in [0.1, 0.15) is 12.3 Å². The van der Waals surface area contributed by atoms with Gasteiger partial charge in [0.05, 0.1) is 12.5 Å². The summed E-state index contributed by atoms with van der Waals surface area (Å²) in [6.45, 7) is 5.91. The summed E-state index contributed by atoms with van der Waals surface area (Å²) in [5.41, 5.74) is 0.384. The van der Waals surface area contributed by atoms with Gasteiger partial charge in [0.15, 0.2) is 0 Å². The smallest absolute Gasteiger partial charge is 0.242 e. The van der Waals surface area contributed by atoms with Gasteiger partial charge in [-0.15, -0.1) is 0 Å². The number of hydrogen-bond acceptors (Lipinski definition) is 5. The Morgan fingerprint density at radius 3 is 2.19 bits per heavy atom. The quantitative estimate of drug-likeness (QED) is 0.754. The third-order valence-electron chi connectivity index (χ3n) is 5.08. The molecule has 2 fully saturated rings. The number of likely N-dealkylation sites (tertiary alicyclic amines) is 1. The molecule has 0 radical (unpaired) electrons. The average Bonchev–Trinajstić information content (AvgIpc) is 2.83. The molecule has 7 heteroatoms. The van der Waals surface area contributed by atoms with Crippen molar-refractivity contribution in [3.8, 4) is 5.75 Å². The van der Waals surface area contributed by atoms with Crippen LogP contribution in [0.5, 0.6) is 5.75 Å². The van der Waals surface area contributed by atoms with Gasteiger partial charge in [-0.2, -0.15) is 0 Å². The van der Waals surface area contributed by atoms with Crippen molar-refractivity contribution in [1.29, 1.82) is 0 Å². The molecule has 0 bridgehead atoms. The van der Waals surface area contributed by atoms with Gasteiger partial charge in [0.25, 0.3) is 0 Å². The van der Waals surface area contributed by atoms with Crippen LogP contribution in [0.25, 0.3) is 0 Å². The fourth-order valence-corrected chi connectivity index (χ4v) is 3.43. The number of rotatable bonds is 4. The molecule has 2 aliphatic rings. The Morgan fingerprint density at radius 2 is 1.69 bits per heavy atom. The fraction of sp³-hybridized carbons (Fsp3) is 0.526. The molecule has 3 amide bonds. The van der Waals surface area contributed by atoms with E-state index in [1.54, 1.807) is 25.9 Å². The number of piperazine rings is 1. The number of imide groups is 1. The third-order valence-corrected chi connectivity index (χ3v) is 5.08. The van der Waals surface area contributed by atoms with E-state index in [4.69, 9.17) is 4.74 Å². The lowest BCUT2D eigenvalue weighted by Crippen LogP contribution is -2.52. The van der Waals surface area contributed by atoms with Crippen molar-refractivity contribution in [3.63, 3.8) is 0 Å². The summed E-state index contributed by atoms with van der Waals surface area (Å²) < 4.78 is 5.17. The molecule has 0 atom stereocenters. The van der Waals surface area contributed by atoms with Gasteiger partial charge in [0, 0.05) is 38.3 Å². The normalized spacial score (nSPS) is 19.9. The minimum absolute atomic E-state index is 0.149. The van der Waals surface area contributed by atoms with Gasteiger partial charge < -0.3 is 14.5 Å². The van der Waals surface area contributed by atoms with E-state index in [9.17, 15) is 14.4 Å². The number of ether oxygens (including phenoxy) is 1. The first-order valence-corrected chi connectivity index (χ1v) is 8.83. The van der Waals surface area contributed by atoms with E-state index >= 15 is 0 Å². The van der Waals surface area contributed by atoms with Crippen molar-refractivity contribution in [3.05, 3.63) is 24.3 Å². The van der Waals surface area contributed by atoms with Crippen LogP contribution < -0.4 is 9.64 Å². The maximum absolute atomic E-state index is 12.5. The van der Waals surface area contributed by atoms with Gasteiger partial charge >= 0.3 is 0 Å². The number of carbonyl (C=O) groups is 3. The molecule has 0 unspecified atom stereocenters. The van der Waals surface area contributed by atoms with Crippen LogP contribution >= 0.6 is 0 Å². The largest absolute Gasteiger partial charge is 0.497 e. The molecule has 0 aromatic heterocycles. The number of carbonyl (C=O) groups excluding carboxylic acids is 3.